The third-order valence-electron chi connectivity index (χ3n) is 4.81. The molecule has 5 nitrogen and oxygen atoms in total. The van der Waals surface area contributed by atoms with Crippen molar-refractivity contribution in [2.24, 2.45) is 0 Å². The number of hydrogen-bond donors (Lipinski definition) is 0. The van der Waals surface area contributed by atoms with Gasteiger partial charge in [0.25, 0.3) is 0 Å². The van der Waals surface area contributed by atoms with E-state index in [1.54, 1.807) is 18.2 Å². The van der Waals surface area contributed by atoms with E-state index in [9.17, 15) is 9.18 Å². The average Bonchev–Trinajstić information content (AvgIpc) is 2.98. The van der Waals surface area contributed by atoms with Crippen LogP contribution in [0.15, 0.2) is 28.7 Å². The number of esters is 1. The van der Waals surface area contributed by atoms with Crippen LogP contribution in [-0.4, -0.2) is 35.0 Å². The van der Waals surface area contributed by atoms with E-state index < -0.39 is 0 Å². The lowest BCUT2D eigenvalue weighted by Crippen LogP contribution is -2.40. The highest BCUT2D eigenvalue weighted by Gasteiger charge is 2.27. The highest BCUT2D eigenvalue weighted by atomic mass is 19.1. The zero-order valence-corrected chi connectivity index (χ0v) is 15.3. The summed E-state index contributed by atoms with van der Waals surface area (Å²) < 4.78 is 24.8. The van der Waals surface area contributed by atoms with Gasteiger partial charge in [-0.15, -0.1) is 0 Å². The number of halogens is 1. The second-order valence-corrected chi connectivity index (χ2v) is 6.63. The number of ether oxygens (including phenoxy) is 1. The molecule has 6 heteroatoms. The minimum atomic E-state index is -0.349. The Kier molecular flexibility index (Phi) is 6.04. The number of benzene rings is 1. The molecule has 1 aromatic heterocycles. The summed E-state index contributed by atoms with van der Waals surface area (Å²) in [5.41, 5.74) is 1.16. The van der Waals surface area contributed by atoms with E-state index in [0.717, 1.165) is 31.5 Å². The number of oxazole rings is 1. The van der Waals surface area contributed by atoms with Gasteiger partial charge >= 0.3 is 5.97 Å². The fourth-order valence-corrected chi connectivity index (χ4v) is 3.43. The predicted molar refractivity (Wildman–Crippen MR) is 95.9 cm³/mol. The van der Waals surface area contributed by atoms with Crippen LogP contribution in [0.3, 0.4) is 0 Å². The number of carbonyl (C=O) groups excluding carboxylic acids is 1. The van der Waals surface area contributed by atoms with Crippen molar-refractivity contribution in [3.63, 3.8) is 0 Å². The maximum atomic E-state index is 14.0. The van der Waals surface area contributed by atoms with Crippen molar-refractivity contribution in [2.75, 3.05) is 13.2 Å². The lowest BCUT2D eigenvalue weighted by molar-refractivity contribution is -0.145. The van der Waals surface area contributed by atoms with Gasteiger partial charge < -0.3 is 9.15 Å². The van der Waals surface area contributed by atoms with Gasteiger partial charge in [-0.1, -0.05) is 18.6 Å². The third-order valence-corrected chi connectivity index (χ3v) is 4.81. The normalized spacial score (nSPS) is 18.0. The Bertz CT molecular complexity index is 759. The van der Waals surface area contributed by atoms with Gasteiger partial charge in [-0.25, -0.2) is 9.37 Å². The largest absolute Gasteiger partial charge is 0.466 e. The Balaban J connectivity index is 1.75. The molecular formula is C20H25FN2O3. The molecule has 0 aliphatic carbocycles. The summed E-state index contributed by atoms with van der Waals surface area (Å²) in [5, 5.41) is 0. The molecule has 2 aromatic rings. The van der Waals surface area contributed by atoms with Crippen molar-refractivity contribution in [1.29, 1.82) is 0 Å². The van der Waals surface area contributed by atoms with Crippen LogP contribution in [-0.2, 0) is 16.1 Å². The topological polar surface area (TPSA) is 55.6 Å². The maximum absolute atomic E-state index is 14.0. The smallest absolute Gasteiger partial charge is 0.307 e. The average molecular weight is 360 g/mol. The van der Waals surface area contributed by atoms with Crippen LogP contribution in [0.2, 0.25) is 0 Å². The lowest BCUT2D eigenvalue weighted by Gasteiger charge is -2.34. The highest BCUT2D eigenvalue weighted by Crippen LogP contribution is 2.27. The Morgan fingerprint density at radius 3 is 2.96 bits per heavy atom. The summed E-state index contributed by atoms with van der Waals surface area (Å²) in [7, 11) is 0. The van der Waals surface area contributed by atoms with E-state index >= 15 is 0 Å². The molecule has 3 rings (SSSR count). The van der Waals surface area contributed by atoms with Gasteiger partial charge in [0.05, 0.1) is 24.3 Å². The van der Waals surface area contributed by atoms with Gasteiger partial charge in [0, 0.05) is 12.6 Å². The summed E-state index contributed by atoms with van der Waals surface area (Å²) in [4.78, 5) is 18.7. The molecule has 0 spiro atoms. The van der Waals surface area contributed by atoms with Gasteiger partial charge in [-0.05, 0) is 45.4 Å². The number of hydrogen-bond acceptors (Lipinski definition) is 5. The van der Waals surface area contributed by atoms with Crippen molar-refractivity contribution in [2.45, 2.75) is 52.1 Å². The van der Waals surface area contributed by atoms with Gasteiger partial charge in [0.1, 0.15) is 11.6 Å². The lowest BCUT2D eigenvalue weighted by atomic mass is 9.99. The SMILES string of the molecule is CCOC(=O)CC1CCCCN1Cc1nc(-c2ccccc2F)oc1C. The maximum Gasteiger partial charge on any atom is 0.307 e. The van der Waals surface area contributed by atoms with Crippen molar-refractivity contribution in [3.05, 3.63) is 41.5 Å². The first-order valence-corrected chi connectivity index (χ1v) is 9.19. The molecule has 0 radical (unpaired) electrons. The number of likely N-dealkylation sites (tertiary alicyclic amines) is 1. The Hall–Kier alpha value is -2.21. The summed E-state index contributed by atoms with van der Waals surface area (Å²) in [6, 6.07) is 6.61. The monoisotopic (exact) mass is 360 g/mol. The molecule has 1 aliphatic rings. The van der Waals surface area contributed by atoms with Gasteiger partial charge in [0.15, 0.2) is 0 Å². The second-order valence-electron chi connectivity index (χ2n) is 6.63. The first kappa shape index (κ1) is 18.6. The zero-order chi connectivity index (χ0) is 18.5. The van der Waals surface area contributed by atoms with Crippen molar-refractivity contribution in [3.8, 4) is 11.5 Å². The molecule has 1 aliphatic heterocycles. The van der Waals surface area contributed by atoms with Gasteiger partial charge in [-0.3, -0.25) is 9.69 Å². The first-order valence-electron chi connectivity index (χ1n) is 9.19. The zero-order valence-electron chi connectivity index (χ0n) is 15.3. The summed E-state index contributed by atoms with van der Waals surface area (Å²) >= 11 is 0. The van der Waals surface area contributed by atoms with E-state index in [0.29, 0.717) is 36.8 Å². The molecule has 2 heterocycles. The summed E-state index contributed by atoms with van der Waals surface area (Å²) in [6.45, 7) is 5.57. The Morgan fingerprint density at radius 1 is 1.38 bits per heavy atom. The Morgan fingerprint density at radius 2 is 2.19 bits per heavy atom. The minimum absolute atomic E-state index is 0.149. The van der Waals surface area contributed by atoms with Crippen LogP contribution in [0.1, 0.15) is 44.1 Å². The van der Waals surface area contributed by atoms with E-state index in [-0.39, 0.29) is 17.8 Å². The summed E-state index contributed by atoms with van der Waals surface area (Å²) in [5.74, 6) is 0.477. The number of rotatable bonds is 6. The fraction of sp³-hybridized carbons (Fsp3) is 0.500. The highest BCUT2D eigenvalue weighted by molar-refractivity contribution is 5.70. The van der Waals surface area contributed by atoms with Crippen LogP contribution < -0.4 is 0 Å². The van der Waals surface area contributed by atoms with Crippen LogP contribution in [0.5, 0.6) is 0 Å². The number of aryl methyl sites for hydroxylation is 1. The molecule has 0 saturated carbocycles. The van der Waals surface area contributed by atoms with Gasteiger partial charge in [0.2, 0.25) is 5.89 Å². The minimum Gasteiger partial charge on any atom is -0.466 e. The van der Waals surface area contributed by atoms with Crippen molar-refractivity contribution >= 4 is 5.97 Å². The third kappa shape index (κ3) is 4.30. The fourth-order valence-electron chi connectivity index (χ4n) is 3.43. The van der Waals surface area contributed by atoms with Crippen molar-refractivity contribution in [1.82, 2.24) is 9.88 Å². The molecule has 26 heavy (non-hydrogen) atoms. The molecule has 0 N–H and O–H groups in total. The number of nitrogens with zero attached hydrogens (tertiary/aromatic N) is 2. The van der Waals surface area contributed by atoms with E-state index in [1.165, 1.54) is 6.07 Å². The molecule has 1 fully saturated rings. The van der Waals surface area contributed by atoms with Crippen LogP contribution in [0.25, 0.3) is 11.5 Å². The Labute approximate surface area is 153 Å². The van der Waals surface area contributed by atoms with Crippen molar-refractivity contribution < 1.29 is 18.3 Å². The standard InChI is InChI=1S/C20H25FN2O3/c1-3-25-19(24)12-15-8-6-7-11-23(15)13-18-14(2)26-20(22-18)16-9-4-5-10-17(16)21/h4-5,9-10,15H,3,6-8,11-13H2,1-2H3. The number of carbonyl (C=O) groups is 1. The first-order chi connectivity index (χ1) is 12.6. The summed E-state index contributed by atoms with van der Waals surface area (Å²) in [6.07, 6.45) is 3.57. The molecule has 1 aromatic carbocycles. The van der Waals surface area contributed by atoms with Crippen LogP contribution >= 0.6 is 0 Å². The molecule has 140 valence electrons. The molecule has 0 amide bonds. The van der Waals surface area contributed by atoms with E-state index in [1.807, 2.05) is 13.8 Å². The predicted octanol–water partition coefficient (Wildman–Crippen LogP) is 4.10. The molecular weight excluding hydrogens is 335 g/mol. The van der Waals surface area contributed by atoms with E-state index in [2.05, 4.69) is 9.88 Å². The number of piperidine rings is 1. The molecule has 1 saturated heterocycles. The van der Waals surface area contributed by atoms with Crippen LogP contribution in [0.4, 0.5) is 4.39 Å². The van der Waals surface area contributed by atoms with Gasteiger partial charge in [-0.2, -0.15) is 0 Å². The molecule has 0 bridgehead atoms. The molecule has 1 atom stereocenters. The van der Waals surface area contributed by atoms with E-state index in [4.69, 9.17) is 9.15 Å². The van der Waals surface area contributed by atoms with Crippen LogP contribution in [0, 0.1) is 12.7 Å². The second kappa shape index (κ2) is 8.45. The number of aromatic nitrogens is 1. The quantitative estimate of drug-likeness (QED) is 0.726. The molecule has 1 unspecified atom stereocenters.